The quantitative estimate of drug-likeness (QED) is 0.720. The Bertz CT molecular complexity index is 985. The third-order valence-corrected chi connectivity index (χ3v) is 5.27. The molecule has 3 aromatic rings. The molecule has 0 amide bonds. The summed E-state index contributed by atoms with van der Waals surface area (Å²) in [6, 6.07) is 3.94. The van der Waals surface area contributed by atoms with Gasteiger partial charge < -0.3 is 4.90 Å². The van der Waals surface area contributed by atoms with Crippen LogP contribution in [0.1, 0.15) is 24.1 Å². The molecule has 0 atom stereocenters. The number of rotatable bonds is 3. The Morgan fingerprint density at radius 2 is 1.92 bits per heavy atom. The number of hydrogen-bond acceptors (Lipinski definition) is 6. The minimum Gasteiger partial charge on any atom is -0.356 e. The highest BCUT2D eigenvalue weighted by Gasteiger charge is 2.22. The zero-order valence-electron chi connectivity index (χ0n) is 15.1. The zero-order chi connectivity index (χ0) is 18.1. The second-order valence-electron chi connectivity index (χ2n) is 6.91. The van der Waals surface area contributed by atoms with Gasteiger partial charge in [-0.3, -0.25) is 9.36 Å². The van der Waals surface area contributed by atoms with E-state index in [-0.39, 0.29) is 5.56 Å². The van der Waals surface area contributed by atoms with E-state index in [4.69, 9.17) is 0 Å². The van der Waals surface area contributed by atoms with Gasteiger partial charge in [-0.1, -0.05) is 0 Å². The second-order valence-corrected chi connectivity index (χ2v) is 6.91. The summed E-state index contributed by atoms with van der Waals surface area (Å²) in [7, 11) is 0. The van der Waals surface area contributed by atoms with Crippen LogP contribution in [0, 0.1) is 19.8 Å². The van der Waals surface area contributed by atoms with Crippen LogP contribution in [0.3, 0.4) is 0 Å². The highest BCUT2D eigenvalue weighted by atomic mass is 16.1. The molecule has 0 bridgehead atoms. The Hall–Kier alpha value is -2.83. The fourth-order valence-electron chi connectivity index (χ4n) is 3.55. The maximum absolute atomic E-state index is 12.4. The molecular weight excluding hydrogens is 328 g/mol. The first kappa shape index (κ1) is 16.6. The molecule has 0 saturated carbocycles. The van der Waals surface area contributed by atoms with Crippen LogP contribution in [0.2, 0.25) is 0 Å². The highest BCUT2D eigenvalue weighted by molar-refractivity contribution is 5.86. The van der Waals surface area contributed by atoms with Crippen molar-refractivity contribution in [2.75, 3.05) is 18.0 Å². The average Bonchev–Trinajstić information content (AvgIpc) is 2.69. The summed E-state index contributed by atoms with van der Waals surface area (Å²) < 4.78 is 1.76. The lowest BCUT2D eigenvalue weighted by molar-refractivity contribution is 0.350. The molecule has 0 spiro atoms. The summed E-state index contributed by atoms with van der Waals surface area (Å²) in [5, 5.41) is 0.989. The Balaban J connectivity index is 1.48. The van der Waals surface area contributed by atoms with Gasteiger partial charge in [0.2, 0.25) is 0 Å². The lowest BCUT2D eigenvalue weighted by Gasteiger charge is -2.33. The van der Waals surface area contributed by atoms with Crippen molar-refractivity contribution in [3.63, 3.8) is 0 Å². The van der Waals surface area contributed by atoms with E-state index in [1.54, 1.807) is 23.4 Å². The van der Waals surface area contributed by atoms with Crippen molar-refractivity contribution in [2.45, 2.75) is 33.2 Å². The summed E-state index contributed by atoms with van der Waals surface area (Å²) in [5.74, 6) is 1.42. The molecule has 1 aliphatic rings. The van der Waals surface area contributed by atoms with Crippen LogP contribution in [-0.2, 0) is 6.54 Å². The van der Waals surface area contributed by atoms with Gasteiger partial charge in [0, 0.05) is 37.1 Å². The smallest absolute Gasteiger partial charge is 0.256 e. The predicted octanol–water partition coefficient (Wildman–Crippen LogP) is 2.11. The molecule has 0 unspecified atom stereocenters. The largest absolute Gasteiger partial charge is 0.356 e. The van der Waals surface area contributed by atoms with Crippen LogP contribution < -0.4 is 10.5 Å². The molecule has 26 heavy (non-hydrogen) atoms. The van der Waals surface area contributed by atoms with Crippen molar-refractivity contribution in [1.29, 1.82) is 0 Å². The number of fused-ring (bicyclic) bond motifs is 1. The Labute approximate surface area is 151 Å². The number of aromatic nitrogens is 5. The SMILES string of the molecule is Cc1ncn(CC2CCN(c3ncnc4ncccc34)CC2)c(=O)c1C. The molecular formula is C19H22N6O. The molecule has 1 saturated heterocycles. The van der Waals surface area contributed by atoms with Gasteiger partial charge in [0.15, 0.2) is 5.65 Å². The van der Waals surface area contributed by atoms with E-state index in [1.807, 2.05) is 26.0 Å². The van der Waals surface area contributed by atoms with Gasteiger partial charge in [-0.25, -0.2) is 19.9 Å². The van der Waals surface area contributed by atoms with E-state index in [2.05, 4.69) is 24.8 Å². The van der Waals surface area contributed by atoms with Gasteiger partial charge in [0.25, 0.3) is 5.56 Å². The molecule has 7 nitrogen and oxygen atoms in total. The van der Waals surface area contributed by atoms with Crippen LogP contribution in [0.25, 0.3) is 11.0 Å². The summed E-state index contributed by atoms with van der Waals surface area (Å²) in [4.78, 5) is 32.0. The van der Waals surface area contributed by atoms with Crippen LogP contribution >= 0.6 is 0 Å². The van der Waals surface area contributed by atoms with Gasteiger partial charge in [0.1, 0.15) is 12.1 Å². The molecule has 0 N–H and O–H groups in total. The van der Waals surface area contributed by atoms with E-state index in [9.17, 15) is 4.79 Å². The Kier molecular flexibility index (Phi) is 4.36. The minimum atomic E-state index is 0.0767. The standard InChI is InChI=1S/C19H22N6O/c1-13-14(2)23-12-25(19(13)26)10-15-5-8-24(9-6-15)18-16-4-3-7-20-17(16)21-11-22-18/h3-4,7,11-12,15H,5-6,8-10H2,1-2H3. The van der Waals surface area contributed by atoms with Crippen molar-refractivity contribution in [2.24, 2.45) is 5.92 Å². The number of piperidine rings is 1. The van der Waals surface area contributed by atoms with Crippen molar-refractivity contribution in [1.82, 2.24) is 24.5 Å². The number of aryl methyl sites for hydroxylation is 1. The molecule has 4 rings (SSSR count). The topological polar surface area (TPSA) is 76.8 Å². The van der Waals surface area contributed by atoms with E-state index >= 15 is 0 Å². The normalized spacial score (nSPS) is 15.5. The van der Waals surface area contributed by atoms with Gasteiger partial charge in [-0.05, 0) is 44.7 Å². The van der Waals surface area contributed by atoms with Crippen LogP contribution in [0.4, 0.5) is 5.82 Å². The van der Waals surface area contributed by atoms with Crippen molar-refractivity contribution in [3.8, 4) is 0 Å². The van der Waals surface area contributed by atoms with Gasteiger partial charge in [-0.2, -0.15) is 0 Å². The number of nitrogens with zero attached hydrogens (tertiary/aromatic N) is 6. The fraction of sp³-hybridized carbons (Fsp3) is 0.421. The monoisotopic (exact) mass is 350 g/mol. The number of hydrogen-bond donors (Lipinski definition) is 0. The summed E-state index contributed by atoms with van der Waals surface area (Å²) in [6.07, 6.45) is 7.05. The summed E-state index contributed by atoms with van der Waals surface area (Å²) in [6.45, 7) is 6.28. The van der Waals surface area contributed by atoms with Crippen molar-refractivity contribution >= 4 is 16.9 Å². The first-order chi connectivity index (χ1) is 12.6. The van der Waals surface area contributed by atoms with Crippen LogP contribution in [0.15, 0.2) is 35.8 Å². The van der Waals surface area contributed by atoms with E-state index in [1.165, 1.54) is 0 Å². The molecule has 1 aliphatic heterocycles. The van der Waals surface area contributed by atoms with Gasteiger partial charge >= 0.3 is 0 Å². The molecule has 4 heterocycles. The molecule has 134 valence electrons. The highest BCUT2D eigenvalue weighted by Crippen LogP contribution is 2.27. The minimum absolute atomic E-state index is 0.0767. The first-order valence-electron chi connectivity index (χ1n) is 8.97. The van der Waals surface area contributed by atoms with Crippen LogP contribution in [0.5, 0.6) is 0 Å². The molecule has 1 fully saturated rings. The Morgan fingerprint density at radius 3 is 2.73 bits per heavy atom. The first-order valence-corrected chi connectivity index (χ1v) is 8.97. The molecule has 0 aromatic carbocycles. The summed E-state index contributed by atoms with van der Waals surface area (Å²) >= 11 is 0. The van der Waals surface area contributed by atoms with E-state index in [0.717, 1.165) is 60.6 Å². The molecule has 0 radical (unpaired) electrons. The molecule has 3 aromatic heterocycles. The molecule has 0 aliphatic carbocycles. The Morgan fingerprint density at radius 1 is 1.12 bits per heavy atom. The zero-order valence-corrected chi connectivity index (χ0v) is 15.1. The van der Waals surface area contributed by atoms with Gasteiger partial charge in [-0.15, -0.1) is 0 Å². The molecule has 7 heteroatoms. The van der Waals surface area contributed by atoms with E-state index in [0.29, 0.717) is 5.92 Å². The predicted molar refractivity (Wildman–Crippen MR) is 100 cm³/mol. The third kappa shape index (κ3) is 3.05. The number of pyridine rings is 1. The average molecular weight is 350 g/mol. The number of anilines is 1. The second kappa shape index (κ2) is 6.82. The van der Waals surface area contributed by atoms with Crippen LogP contribution in [-0.4, -0.2) is 37.6 Å². The summed E-state index contributed by atoms with van der Waals surface area (Å²) in [5.41, 5.74) is 2.36. The maximum atomic E-state index is 12.4. The van der Waals surface area contributed by atoms with Crippen molar-refractivity contribution in [3.05, 3.63) is 52.6 Å². The van der Waals surface area contributed by atoms with Crippen molar-refractivity contribution < 1.29 is 0 Å². The van der Waals surface area contributed by atoms with E-state index < -0.39 is 0 Å². The lowest BCUT2D eigenvalue weighted by Crippen LogP contribution is -2.37. The fourth-order valence-corrected chi connectivity index (χ4v) is 3.55. The third-order valence-electron chi connectivity index (χ3n) is 5.27. The lowest BCUT2D eigenvalue weighted by atomic mass is 9.96. The van der Waals surface area contributed by atoms with Gasteiger partial charge in [0.05, 0.1) is 11.7 Å². The maximum Gasteiger partial charge on any atom is 0.256 e.